The van der Waals surface area contributed by atoms with Crippen LogP contribution in [-0.2, 0) is 22.4 Å². The summed E-state index contributed by atoms with van der Waals surface area (Å²) in [7, 11) is 0. The molecule has 2 aromatic rings. The lowest BCUT2D eigenvalue weighted by Gasteiger charge is -2.13. The van der Waals surface area contributed by atoms with Crippen LogP contribution in [0.25, 0.3) is 18.2 Å². The fourth-order valence-corrected chi connectivity index (χ4v) is 6.33. The summed E-state index contributed by atoms with van der Waals surface area (Å²) in [5.74, 6) is -2.23. The molecule has 3 aliphatic heterocycles. The minimum absolute atomic E-state index is 0.0213. The van der Waals surface area contributed by atoms with Crippen molar-refractivity contribution in [2.24, 2.45) is 11.8 Å². The van der Waals surface area contributed by atoms with E-state index in [1.54, 1.807) is 0 Å². The highest BCUT2D eigenvalue weighted by molar-refractivity contribution is 5.70. The standard InChI is InChI=1S/C34H38N4O5/c1-7-21-16(2)26-14-31-34(20(6)39)19(5)27(38-31)12-24-17(3)22(8-10-32(40)41)29(36-24)15-30-23(9-11-33(42)43)18(4)25(37-30)13-28(21)35-26/h7,12-15,21,34-39H,1,6,8-11H2,2-5H3,(H,40,41)(H,42,43)/b24-12-,28-13-,29-15-,31-14-/t21-,34-/m1/s1. The molecule has 0 aliphatic carbocycles. The molecule has 9 heteroatoms. The summed E-state index contributed by atoms with van der Waals surface area (Å²) in [4.78, 5) is 30.1. The first-order valence-corrected chi connectivity index (χ1v) is 14.3. The number of aromatic amines is 2. The van der Waals surface area contributed by atoms with Crippen molar-refractivity contribution in [1.29, 1.82) is 0 Å². The molecule has 0 radical (unpaired) electrons. The van der Waals surface area contributed by atoms with Gasteiger partial charge < -0.3 is 35.9 Å². The molecule has 8 bridgehead atoms. The van der Waals surface area contributed by atoms with E-state index < -0.39 is 17.9 Å². The molecule has 3 aliphatic rings. The van der Waals surface area contributed by atoms with E-state index in [0.717, 1.165) is 78.3 Å². The van der Waals surface area contributed by atoms with E-state index >= 15 is 0 Å². The number of carboxylic acids is 2. The Labute approximate surface area is 250 Å². The van der Waals surface area contributed by atoms with Gasteiger partial charge in [0, 0.05) is 63.6 Å². The zero-order valence-corrected chi connectivity index (χ0v) is 24.9. The van der Waals surface area contributed by atoms with Crippen molar-refractivity contribution in [3.8, 4) is 0 Å². The highest BCUT2D eigenvalue weighted by atomic mass is 16.4. The summed E-state index contributed by atoms with van der Waals surface area (Å²) in [5.41, 5.74) is 10.6. The molecule has 0 spiro atoms. The Hall–Kier alpha value is -4.92. The molecule has 5 heterocycles. The number of hydrogen-bond acceptors (Lipinski definition) is 5. The first kappa shape index (κ1) is 29.6. The SMILES string of the molecule is C=C[C@@H]1C(C)=C2/C=C3\NC(=C(C)[C@@H]3C(=C)O)/C=c3\[nH]/c(c(CCC(=O)O)c3C)=C\c3[nH]c(c(C)c3CCC(=O)O)/C=C/1N2. The topological polar surface area (TPSA) is 150 Å². The Bertz CT molecular complexity index is 1830. The van der Waals surface area contributed by atoms with E-state index in [9.17, 15) is 24.9 Å². The number of aliphatic carboxylic acids is 2. The van der Waals surface area contributed by atoms with Crippen LogP contribution >= 0.6 is 0 Å². The molecule has 0 saturated carbocycles. The minimum atomic E-state index is -0.888. The van der Waals surface area contributed by atoms with E-state index in [0.29, 0.717) is 12.8 Å². The van der Waals surface area contributed by atoms with Gasteiger partial charge in [-0.3, -0.25) is 9.59 Å². The van der Waals surface area contributed by atoms with Crippen molar-refractivity contribution in [2.45, 2.75) is 53.4 Å². The number of carboxylic acid groups (broad SMARTS) is 2. The van der Waals surface area contributed by atoms with Crippen molar-refractivity contribution in [2.75, 3.05) is 0 Å². The number of aliphatic hydroxyl groups excluding tert-OH is 1. The number of nitrogens with one attached hydrogen (secondary N) is 4. The Morgan fingerprint density at radius 3 is 2.02 bits per heavy atom. The van der Waals surface area contributed by atoms with E-state index in [4.69, 9.17) is 0 Å². The number of hydrogen-bond donors (Lipinski definition) is 7. The largest absolute Gasteiger partial charge is 0.512 e. The highest BCUT2D eigenvalue weighted by Gasteiger charge is 2.31. The second-order valence-corrected chi connectivity index (χ2v) is 11.5. The van der Waals surface area contributed by atoms with Gasteiger partial charge in [0.2, 0.25) is 0 Å². The quantitative estimate of drug-likeness (QED) is 0.183. The monoisotopic (exact) mass is 582 g/mol. The molecular formula is C34H38N4O5. The smallest absolute Gasteiger partial charge is 0.303 e. The summed E-state index contributed by atoms with van der Waals surface area (Å²) < 4.78 is 0. The Morgan fingerprint density at radius 2 is 1.40 bits per heavy atom. The second-order valence-electron chi connectivity index (χ2n) is 11.5. The second kappa shape index (κ2) is 11.4. The molecule has 5 rings (SSSR count). The molecule has 7 N–H and O–H groups in total. The summed E-state index contributed by atoms with van der Waals surface area (Å²) in [6.45, 7) is 15.9. The maximum Gasteiger partial charge on any atom is 0.303 e. The van der Waals surface area contributed by atoms with Crippen molar-refractivity contribution in [3.05, 3.63) is 109 Å². The molecule has 0 unspecified atom stereocenters. The molecule has 0 aromatic carbocycles. The zero-order chi connectivity index (χ0) is 31.2. The van der Waals surface area contributed by atoms with Crippen LogP contribution in [0.2, 0.25) is 0 Å². The Balaban J connectivity index is 1.83. The van der Waals surface area contributed by atoms with Gasteiger partial charge in [0.05, 0.1) is 11.7 Å². The van der Waals surface area contributed by atoms with Crippen molar-refractivity contribution < 1.29 is 24.9 Å². The van der Waals surface area contributed by atoms with Crippen LogP contribution in [0.4, 0.5) is 0 Å². The third-order valence-corrected chi connectivity index (χ3v) is 8.78. The lowest BCUT2D eigenvalue weighted by atomic mass is 9.95. The third kappa shape index (κ3) is 5.50. The van der Waals surface area contributed by atoms with E-state index in [-0.39, 0.29) is 24.5 Å². The molecule has 0 saturated heterocycles. The van der Waals surface area contributed by atoms with Crippen LogP contribution in [-0.4, -0.2) is 37.2 Å². The summed E-state index contributed by atoms with van der Waals surface area (Å²) in [6.07, 6.45) is 10.5. The van der Waals surface area contributed by atoms with Gasteiger partial charge in [-0.1, -0.05) is 12.7 Å². The first-order valence-electron chi connectivity index (χ1n) is 14.3. The number of aliphatic hydroxyl groups is 1. The molecule has 0 fully saturated rings. The highest BCUT2D eigenvalue weighted by Crippen LogP contribution is 2.37. The summed E-state index contributed by atoms with van der Waals surface area (Å²) in [5, 5.41) is 38.2. The molecule has 0 amide bonds. The molecule has 2 atom stereocenters. The number of H-pyrrole nitrogens is 2. The molecular weight excluding hydrogens is 544 g/mol. The average molecular weight is 583 g/mol. The Kier molecular flexibility index (Phi) is 7.84. The van der Waals surface area contributed by atoms with Crippen molar-refractivity contribution in [1.82, 2.24) is 20.6 Å². The minimum Gasteiger partial charge on any atom is -0.512 e. The van der Waals surface area contributed by atoms with Crippen molar-refractivity contribution >= 4 is 30.2 Å². The Morgan fingerprint density at radius 1 is 0.767 bits per heavy atom. The third-order valence-electron chi connectivity index (χ3n) is 8.78. The van der Waals surface area contributed by atoms with Gasteiger partial charge in [0.15, 0.2) is 0 Å². The number of carbonyl (C=O) groups is 2. The number of fused-ring (bicyclic) bond motifs is 8. The maximum absolute atomic E-state index is 11.5. The number of allylic oxidation sites excluding steroid dienone is 3. The average Bonchev–Trinajstić information content (AvgIpc) is 3.59. The summed E-state index contributed by atoms with van der Waals surface area (Å²) in [6, 6.07) is 0. The van der Waals surface area contributed by atoms with Crippen LogP contribution in [0.3, 0.4) is 0 Å². The van der Waals surface area contributed by atoms with Crippen LogP contribution in [0, 0.1) is 25.7 Å². The normalized spacial score (nSPS) is 23.2. The van der Waals surface area contributed by atoms with Crippen LogP contribution < -0.4 is 21.3 Å². The first-order chi connectivity index (χ1) is 20.4. The van der Waals surface area contributed by atoms with E-state index in [2.05, 4.69) is 33.8 Å². The van der Waals surface area contributed by atoms with Gasteiger partial charge in [-0.2, -0.15) is 0 Å². The number of rotatable bonds is 8. The van der Waals surface area contributed by atoms with Crippen LogP contribution in [0.1, 0.15) is 60.3 Å². The van der Waals surface area contributed by atoms with Crippen LogP contribution in [0.15, 0.2) is 65.0 Å². The molecule has 224 valence electrons. The predicted molar refractivity (Wildman–Crippen MR) is 167 cm³/mol. The lowest BCUT2D eigenvalue weighted by molar-refractivity contribution is -0.138. The van der Waals surface area contributed by atoms with Gasteiger partial charge in [-0.05, 0) is 98.2 Å². The molecule has 43 heavy (non-hydrogen) atoms. The fourth-order valence-electron chi connectivity index (χ4n) is 6.33. The van der Waals surface area contributed by atoms with Crippen LogP contribution in [0.5, 0.6) is 0 Å². The fraction of sp³-hybridized carbons (Fsp3) is 0.294. The summed E-state index contributed by atoms with van der Waals surface area (Å²) >= 11 is 0. The zero-order valence-electron chi connectivity index (χ0n) is 24.9. The van der Waals surface area contributed by atoms with Gasteiger partial charge in [0.25, 0.3) is 0 Å². The van der Waals surface area contributed by atoms with Gasteiger partial charge in [-0.15, -0.1) is 6.58 Å². The van der Waals surface area contributed by atoms with E-state index in [1.807, 2.05) is 58.1 Å². The van der Waals surface area contributed by atoms with Gasteiger partial charge in [-0.25, -0.2) is 0 Å². The van der Waals surface area contributed by atoms with Gasteiger partial charge >= 0.3 is 11.9 Å². The number of aromatic nitrogens is 2. The molecule has 2 aromatic heterocycles. The molecule has 9 nitrogen and oxygen atoms in total. The maximum atomic E-state index is 11.5. The van der Waals surface area contributed by atoms with E-state index in [1.165, 1.54) is 0 Å². The van der Waals surface area contributed by atoms with Crippen molar-refractivity contribution in [3.63, 3.8) is 0 Å². The predicted octanol–water partition coefficient (Wildman–Crippen LogP) is 4.09. The lowest BCUT2D eigenvalue weighted by Crippen LogP contribution is -2.16. The van der Waals surface area contributed by atoms with Gasteiger partial charge in [0.1, 0.15) is 0 Å².